The Balaban J connectivity index is 3.33. The van der Waals surface area contributed by atoms with Gasteiger partial charge in [-0.2, -0.15) is 13.2 Å². The molecule has 0 heterocycles. The highest BCUT2D eigenvalue weighted by molar-refractivity contribution is 7.92. The first-order chi connectivity index (χ1) is 9.07. The van der Waals surface area contributed by atoms with E-state index in [2.05, 4.69) is 5.32 Å². The summed E-state index contributed by atoms with van der Waals surface area (Å²) in [4.78, 5) is -0.736. The summed E-state index contributed by atoms with van der Waals surface area (Å²) in [5.74, 6) is 0. The number of para-hydroxylation sites is 1. The van der Waals surface area contributed by atoms with Crippen LogP contribution in [-0.2, 0) is 9.84 Å². The van der Waals surface area contributed by atoms with Gasteiger partial charge in [0.25, 0.3) is 9.84 Å². The van der Waals surface area contributed by atoms with Crippen molar-refractivity contribution < 1.29 is 21.6 Å². The van der Waals surface area contributed by atoms with Crippen molar-refractivity contribution in [1.29, 1.82) is 0 Å². The largest absolute Gasteiger partial charge is 0.501 e. The highest BCUT2D eigenvalue weighted by atomic mass is 32.2. The summed E-state index contributed by atoms with van der Waals surface area (Å²) < 4.78 is 61.2. The SMILES string of the molecule is CCC(C)(CC)Nc1ccccc1S(=O)(=O)C(F)(F)F. The molecule has 0 saturated heterocycles. The average molecular weight is 309 g/mol. The van der Waals surface area contributed by atoms with Gasteiger partial charge in [0.15, 0.2) is 0 Å². The van der Waals surface area contributed by atoms with Crippen LogP contribution in [0.15, 0.2) is 29.2 Å². The van der Waals surface area contributed by atoms with Crippen LogP contribution in [0.5, 0.6) is 0 Å². The van der Waals surface area contributed by atoms with E-state index in [0.29, 0.717) is 12.8 Å². The van der Waals surface area contributed by atoms with Crippen LogP contribution in [0.2, 0.25) is 0 Å². The fourth-order valence-electron chi connectivity index (χ4n) is 1.68. The van der Waals surface area contributed by atoms with Crippen molar-refractivity contribution in [1.82, 2.24) is 0 Å². The third-order valence-corrected chi connectivity index (χ3v) is 5.02. The number of halogens is 3. The van der Waals surface area contributed by atoms with Gasteiger partial charge in [0.1, 0.15) is 0 Å². The molecule has 0 aromatic heterocycles. The van der Waals surface area contributed by atoms with E-state index in [1.165, 1.54) is 18.2 Å². The summed E-state index contributed by atoms with van der Waals surface area (Å²) >= 11 is 0. The van der Waals surface area contributed by atoms with Crippen molar-refractivity contribution in [3.63, 3.8) is 0 Å². The standard InChI is InChI=1S/C13H18F3NO2S/c1-4-12(3,5-2)17-10-8-6-7-9-11(10)20(18,19)13(14,15)16/h6-9,17H,4-5H2,1-3H3. The van der Waals surface area contributed by atoms with Crippen LogP contribution in [0, 0.1) is 0 Å². The highest BCUT2D eigenvalue weighted by Crippen LogP contribution is 2.35. The van der Waals surface area contributed by atoms with E-state index in [9.17, 15) is 21.6 Å². The minimum Gasteiger partial charge on any atom is -0.379 e. The van der Waals surface area contributed by atoms with Crippen LogP contribution < -0.4 is 5.32 Å². The molecule has 0 aliphatic heterocycles. The minimum absolute atomic E-state index is 0.0176. The maximum atomic E-state index is 12.7. The van der Waals surface area contributed by atoms with Crippen molar-refractivity contribution >= 4 is 15.5 Å². The smallest absolute Gasteiger partial charge is 0.379 e. The molecule has 0 radical (unpaired) electrons. The number of hydrogen-bond donors (Lipinski definition) is 1. The predicted octanol–water partition coefficient (Wildman–Crippen LogP) is 3.97. The van der Waals surface area contributed by atoms with Crippen molar-refractivity contribution in [3.05, 3.63) is 24.3 Å². The molecule has 0 aliphatic rings. The normalized spacial score (nSPS) is 13.3. The molecule has 1 rings (SSSR count). The molecule has 3 nitrogen and oxygen atoms in total. The molecule has 0 spiro atoms. The molecule has 0 aliphatic carbocycles. The van der Waals surface area contributed by atoms with E-state index in [0.717, 1.165) is 6.07 Å². The molecule has 0 unspecified atom stereocenters. The number of hydrogen-bond acceptors (Lipinski definition) is 3. The maximum absolute atomic E-state index is 12.7. The number of nitrogens with one attached hydrogen (secondary N) is 1. The molecular weight excluding hydrogens is 291 g/mol. The van der Waals surface area contributed by atoms with Crippen LogP contribution in [-0.4, -0.2) is 19.5 Å². The molecule has 0 saturated carbocycles. The van der Waals surface area contributed by atoms with Crippen LogP contribution in [0.3, 0.4) is 0 Å². The zero-order chi connectivity index (χ0) is 15.6. The topological polar surface area (TPSA) is 46.2 Å². The van der Waals surface area contributed by atoms with Crippen molar-refractivity contribution in [2.45, 2.75) is 49.6 Å². The van der Waals surface area contributed by atoms with Gasteiger partial charge < -0.3 is 5.32 Å². The second-order valence-electron chi connectivity index (χ2n) is 4.84. The van der Waals surface area contributed by atoms with Gasteiger partial charge in [-0.1, -0.05) is 26.0 Å². The lowest BCUT2D eigenvalue weighted by Crippen LogP contribution is -2.34. The third kappa shape index (κ3) is 3.26. The van der Waals surface area contributed by atoms with Gasteiger partial charge in [0.2, 0.25) is 0 Å². The number of sulfone groups is 1. The van der Waals surface area contributed by atoms with E-state index >= 15 is 0 Å². The lowest BCUT2D eigenvalue weighted by Gasteiger charge is -2.30. The van der Waals surface area contributed by atoms with Crippen molar-refractivity contribution in [2.24, 2.45) is 0 Å². The fourth-order valence-corrected chi connectivity index (χ4v) is 2.60. The maximum Gasteiger partial charge on any atom is 0.501 e. The minimum atomic E-state index is -5.36. The van der Waals surface area contributed by atoms with Gasteiger partial charge in [0.05, 0.1) is 10.6 Å². The highest BCUT2D eigenvalue weighted by Gasteiger charge is 2.48. The van der Waals surface area contributed by atoms with Crippen LogP contribution in [0.1, 0.15) is 33.6 Å². The Morgan fingerprint density at radius 3 is 2.05 bits per heavy atom. The number of benzene rings is 1. The first-order valence-electron chi connectivity index (χ1n) is 6.26. The lowest BCUT2D eigenvalue weighted by atomic mass is 9.95. The van der Waals surface area contributed by atoms with Gasteiger partial charge >= 0.3 is 5.51 Å². The monoisotopic (exact) mass is 309 g/mol. The van der Waals surface area contributed by atoms with Crippen LogP contribution in [0.25, 0.3) is 0 Å². The Kier molecular flexibility index (Phi) is 4.74. The molecule has 0 bridgehead atoms. The summed E-state index contributed by atoms with van der Waals surface area (Å²) in [7, 11) is -5.36. The Hall–Kier alpha value is -1.24. The molecule has 0 atom stereocenters. The van der Waals surface area contributed by atoms with Gasteiger partial charge in [-0.15, -0.1) is 0 Å². The second-order valence-corrected chi connectivity index (χ2v) is 6.75. The molecule has 0 fully saturated rings. The molecule has 20 heavy (non-hydrogen) atoms. The first-order valence-corrected chi connectivity index (χ1v) is 7.74. The van der Waals surface area contributed by atoms with Gasteiger partial charge in [-0.3, -0.25) is 0 Å². The molecule has 1 N–H and O–H groups in total. The number of anilines is 1. The average Bonchev–Trinajstić information content (AvgIpc) is 2.37. The molecule has 0 amide bonds. The van der Waals surface area contributed by atoms with E-state index in [1.54, 1.807) is 0 Å². The summed E-state index contributed by atoms with van der Waals surface area (Å²) in [6, 6.07) is 5.10. The summed E-state index contributed by atoms with van der Waals surface area (Å²) in [6.45, 7) is 5.61. The van der Waals surface area contributed by atoms with Crippen LogP contribution >= 0.6 is 0 Å². The molecule has 7 heteroatoms. The quantitative estimate of drug-likeness (QED) is 0.895. The molecule has 1 aromatic rings. The van der Waals surface area contributed by atoms with Crippen molar-refractivity contribution in [3.8, 4) is 0 Å². The van der Waals surface area contributed by atoms with E-state index < -0.39 is 25.8 Å². The lowest BCUT2D eigenvalue weighted by molar-refractivity contribution is -0.0435. The van der Waals surface area contributed by atoms with Crippen LogP contribution in [0.4, 0.5) is 18.9 Å². The Morgan fingerprint density at radius 1 is 1.10 bits per heavy atom. The number of alkyl halides is 3. The Bertz CT molecular complexity index is 563. The van der Waals surface area contributed by atoms with Gasteiger partial charge in [-0.05, 0) is 31.9 Å². The second kappa shape index (κ2) is 5.63. The zero-order valence-corrected chi connectivity index (χ0v) is 12.4. The zero-order valence-electron chi connectivity index (χ0n) is 11.6. The summed E-state index contributed by atoms with van der Waals surface area (Å²) in [5.41, 5.74) is -5.78. The number of rotatable bonds is 5. The first kappa shape index (κ1) is 16.8. The van der Waals surface area contributed by atoms with E-state index in [4.69, 9.17) is 0 Å². The molecule has 1 aromatic carbocycles. The predicted molar refractivity (Wildman–Crippen MR) is 72.3 cm³/mol. The van der Waals surface area contributed by atoms with Crippen molar-refractivity contribution in [2.75, 3.05) is 5.32 Å². The Morgan fingerprint density at radius 2 is 1.60 bits per heavy atom. The molecular formula is C13H18F3NO2S. The third-order valence-electron chi connectivity index (χ3n) is 3.48. The summed E-state index contributed by atoms with van der Waals surface area (Å²) in [6.07, 6.45) is 1.31. The Labute approximate surface area is 117 Å². The van der Waals surface area contributed by atoms with E-state index in [-0.39, 0.29) is 5.69 Å². The van der Waals surface area contributed by atoms with Gasteiger partial charge in [-0.25, -0.2) is 8.42 Å². The molecule has 114 valence electrons. The van der Waals surface area contributed by atoms with Gasteiger partial charge in [0, 0.05) is 5.54 Å². The van der Waals surface area contributed by atoms with E-state index in [1.807, 2.05) is 20.8 Å². The fraction of sp³-hybridized carbons (Fsp3) is 0.538. The summed E-state index contributed by atoms with van der Waals surface area (Å²) in [5, 5.41) is 2.92.